The van der Waals surface area contributed by atoms with E-state index in [1.165, 1.54) is 0 Å². The molecular weight excluding hydrogens is 743 g/mol. The first-order chi connectivity index (χ1) is 29.7. The first-order valence-electron chi connectivity index (χ1n) is 19.3. The number of hydrogen-bond donors (Lipinski definition) is 0. The van der Waals surface area contributed by atoms with E-state index < -0.39 is 0 Å². The molecule has 0 spiro atoms. The summed E-state index contributed by atoms with van der Waals surface area (Å²) in [5.74, 6) is 0.390. The lowest BCUT2D eigenvalue weighted by atomic mass is 9.86. The van der Waals surface area contributed by atoms with E-state index in [1.54, 1.807) is 18.6 Å². The lowest BCUT2D eigenvalue weighted by Crippen LogP contribution is -2.05. The van der Waals surface area contributed by atoms with E-state index in [0.29, 0.717) is 45.1 Å². The van der Waals surface area contributed by atoms with Crippen LogP contribution in [0.3, 0.4) is 0 Å². The standard InChI is InChI=1S/C49H27N11/c1-4-13-31-29(11-1)26-53-59-47(31)43-32(35-20-19-28-10-2-5-14-33(28)54-35)24-41-45(44(43)40-22-21-37-39(55-40)18-9-23-50-37)46(42-27-51-36-16-7-8-17-38(36)56-42)48(60-58-41)49-52-25-30-12-3-6-15-34(30)57-49/h1-27H. The van der Waals surface area contributed by atoms with Crippen molar-refractivity contribution in [1.29, 1.82) is 0 Å². The first kappa shape index (κ1) is 33.6. The quantitative estimate of drug-likeness (QED) is 0.165. The van der Waals surface area contributed by atoms with Crippen molar-refractivity contribution in [2.45, 2.75) is 0 Å². The van der Waals surface area contributed by atoms with Crippen molar-refractivity contribution in [3.05, 3.63) is 164 Å². The highest BCUT2D eigenvalue weighted by Gasteiger charge is 2.29. The number of fused-ring (bicyclic) bond motifs is 6. The molecule has 278 valence electrons. The second kappa shape index (κ2) is 13.5. The summed E-state index contributed by atoms with van der Waals surface area (Å²) in [6.07, 6.45) is 7.14. The average Bonchev–Trinajstić information content (AvgIpc) is 3.32. The monoisotopic (exact) mass is 769 g/mol. The zero-order valence-electron chi connectivity index (χ0n) is 31.5. The third-order valence-corrected chi connectivity index (χ3v) is 10.9. The minimum atomic E-state index is 0.390. The molecule has 0 saturated carbocycles. The van der Waals surface area contributed by atoms with Gasteiger partial charge in [-0.1, -0.05) is 78.9 Å². The van der Waals surface area contributed by atoms with Gasteiger partial charge in [-0.05, 0) is 60.7 Å². The van der Waals surface area contributed by atoms with Gasteiger partial charge in [0.15, 0.2) is 5.82 Å². The number of hydrogen-bond acceptors (Lipinski definition) is 11. The zero-order chi connectivity index (χ0) is 39.6. The van der Waals surface area contributed by atoms with E-state index in [0.717, 1.165) is 77.0 Å². The lowest BCUT2D eigenvalue weighted by molar-refractivity contribution is 1.05. The fraction of sp³-hybridized carbons (Fsp3) is 0. The smallest absolute Gasteiger partial charge is 0.181 e. The molecule has 0 aliphatic rings. The van der Waals surface area contributed by atoms with Gasteiger partial charge < -0.3 is 0 Å². The zero-order valence-corrected chi connectivity index (χ0v) is 31.5. The molecule has 0 fully saturated rings. The molecule has 12 rings (SSSR count). The highest BCUT2D eigenvalue weighted by atomic mass is 15.1. The van der Waals surface area contributed by atoms with Crippen molar-refractivity contribution in [1.82, 2.24) is 55.3 Å². The van der Waals surface area contributed by atoms with E-state index in [9.17, 15) is 0 Å². The third kappa shape index (κ3) is 5.48. The van der Waals surface area contributed by atoms with Crippen molar-refractivity contribution in [3.63, 3.8) is 0 Å². The molecule has 0 amide bonds. The molecule has 0 atom stereocenters. The minimum Gasteiger partial charge on any atom is -0.255 e. The van der Waals surface area contributed by atoms with E-state index in [2.05, 4.69) is 28.3 Å². The van der Waals surface area contributed by atoms with E-state index in [-0.39, 0.29) is 0 Å². The molecule has 0 unspecified atom stereocenters. The van der Waals surface area contributed by atoms with E-state index in [4.69, 9.17) is 45.2 Å². The highest BCUT2D eigenvalue weighted by Crippen LogP contribution is 2.49. The predicted octanol–water partition coefficient (Wildman–Crippen LogP) is 10.3. The van der Waals surface area contributed by atoms with Crippen LogP contribution in [-0.4, -0.2) is 55.3 Å². The summed E-state index contributed by atoms with van der Waals surface area (Å²) in [4.78, 5) is 35.2. The molecule has 7 aromatic heterocycles. The van der Waals surface area contributed by atoms with Crippen LogP contribution in [0.1, 0.15) is 0 Å². The van der Waals surface area contributed by atoms with Crippen molar-refractivity contribution in [3.8, 4) is 56.5 Å². The fourth-order valence-corrected chi connectivity index (χ4v) is 8.07. The van der Waals surface area contributed by atoms with Crippen LogP contribution in [0.2, 0.25) is 0 Å². The summed E-state index contributed by atoms with van der Waals surface area (Å²) in [6.45, 7) is 0. The van der Waals surface area contributed by atoms with Gasteiger partial charge in [0.1, 0.15) is 11.4 Å². The molecule has 0 bridgehead atoms. The molecule has 11 nitrogen and oxygen atoms in total. The van der Waals surface area contributed by atoms with Crippen molar-refractivity contribution >= 4 is 65.5 Å². The number of pyridine rings is 3. The molecule has 0 radical (unpaired) electrons. The van der Waals surface area contributed by atoms with Crippen LogP contribution in [0.5, 0.6) is 0 Å². The fourth-order valence-electron chi connectivity index (χ4n) is 8.07. The Morgan fingerprint density at radius 2 is 1.03 bits per heavy atom. The summed E-state index contributed by atoms with van der Waals surface area (Å²) >= 11 is 0. The molecular formula is C49H27N11. The van der Waals surface area contributed by atoms with Gasteiger partial charge in [-0.25, -0.2) is 24.9 Å². The molecule has 5 aromatic carbocycles. The molecule has 11 heteroatoms. The van der Waals surface area contributed by atoms with Gasteiger partial charge >= 0.3 is 0 Å². The molecule has 0 aliphatic heterocycles. The third-order valence-electron chi connectivity index (χ3n) is 10.9. The maximum Gasteiger partial charge on any atom is 0.181 e. The Balaban J connectivity index is 1.31. The van der Waals surface area contributed by atoms with Gasteiger partial charge in [0.2, 0.25) is 0 Å². The number of rotatable bonds is 5. The summed E-state index contributed by atoms with van der Waals surface area (Å²) < 4.78 is 0. The van der Waals surface area contributed by atoms with Gasteiger partial charge in [-0.15, -0.1) is 15.3 Å². The normalized spacial score (nSPS) is 11.7. The Kier molecular flexibility index (Phi) is 7.57. The topological polar surface area (TPSA) is 142 Å². The Morgan fingerprint density at radius 3 is 1.92 bits per heavy atom. The number of benzene rings is 5. The van der Waals surface area contributed by atoms with Crippen molar-refractivity contribution < 1.29 is 0 Å². The van der Waals surface area contributed by atoms with Crippen LogP contribution in [0, 0.1) is 0 Å². The van der Waals surface area contributed by atoms with Gasteiger partial charge in [-0.2, -0.15) is 5.10 Å². The van der Waals surface area contributed by atoms with Gasteiger partial charge in [0.25, 0.3) is 0 Å². The van der Waals surface area contributed by atoms with Crippen LogP contribution in [0.15, 0.2) is 164 Å². The Labute approximate surface area is 340 Å². The SMILES string of the molecule is c1ccc2nc(-c3cc4nnc(-c5ncc6ccccc6n5)c(-c5cnc6ccccc6n5)c4c(-c4ccc5ncccc5n4)c3-c3nncc4ccccc34)ccc2c1. The second-order valence-corrected chi connectivity index (χ2v) is 14.4. The molecule has 0 aliphatic carbocycles. The Hall–Kier alpha value is -8.57. The summed E-state index contributed by atoms with van der Waals surface area (Å²) in [7, 11) is 0. The predicted molar refractivity (Wildman–Crippen MR) is 234 cm³/mol. The van der Waals surface area contributed by atoms with Crippen LogP contribution >= 0.6 is 0 Å². The Bertz CT molecular complexity index is 3700. The molecule has 60 heavy (non-hydrogen) atoms. The summed E-state index contributed by atoms with van der Waals surface area (Å²) in [6, 6.07) is 45.9. The molecule has 0 saturated heterocycles. The van der Waals surface area contributed by atoms with Crippen molar-refractivity contribution in [2.75, 3.05) is 0 Å². The largest absolute Gasteiger partial charge is 0.255 e. The lowest BCUT2D eigenvalue weighted by Gasteiger charge is -2.21. The number of nitrogens with zero attached hydrogens (tertiary/aromatic N) is 11. The number of para-hydroxylation sites is 4. The second-order valence-electron chi connectivity index (χ2n) is 14.4. The maximum atomic E-state index is 5.33. The Morgan fingerprint density at radius 1 is 0.350 bits per heavy atom. The molecule has 7 heterocycles. The van der Waals surface area contributed by atoms with Gasteiger partial charge in [-0.3, -0.25) is 9.97 Å². The summed E-state index contributed by atoms with van der Waals surface area (Å²) in [5.41, 5.74) is 11.1. The van der Waals surface area contributed by atoms with Gasteiger partial charge in [0, 0.05) is 61.6 Å². The summed E-state index contributed by atoms with van der Waals surface area (Å²) in [5, 5.41) is 23.9. The van der Waals surface area contributed by atoms with Crippen LogP contribution in [0.4, 0.5) is 0 Å². The van der Waals surface area contributed by atoms with Crippen LogP contribution in [0.25, 0.3) is 122 Å². The maximum absolute atomic E-state index is 5.33. The minimum absolute atomic E-state index is 0.390. The average molecular weight is 770 g/mol. The number of aromatic nitrogens is 11. The van der Waals surface area contributed by atoms with Crippen LogP contribution < -0.4 is 0 Å². The first-order valence-corrected chi connectivity index (χ1v) is 19.3. The van der Waals surface area contributed by atoms with Crippen molar-refractivity contribution in [2.24, 2.45) is 0 Å². The van der Waals surface area contributed by atoms with E-state index >= 15 is 0 Å². The van der Waals surface area contributed by atoms with Gasteiger partial charge in [0.05, 0.1) is 68.1 Å². The molecule has 0 N–H and O–H groups in total. The van der Waals surface area contributed by atoms with E-state index in [1.807, 2.05) is 128 Å². The van der Waals surface area contributed by atoms with Crippen LogP contribution in [-0.2, 0) is 0 Å². The highest BCUT2D eigenvalue weighted by molar-refractivity contribution is 6.17. The molecule has 12 aromatic rings.